The van der Waals surface area contributed by atoms with E-state index in [1.807, 2.05) is 31.2 Å². The summed E-state index contributed by atoms with van der Waals surface area (Å²) in [6.45, 7) is 8.02. The molecule has 0 bridgehead atoms. The van der Waals surface area contributed by atoms with Gasteiger partial charge < -0.3 is 15.4 Å². The molecule has 1 heterocycles. The van der Waals surface area contributed by atoms with Crippen molar-refractivity contribution in [2.75, 3.05) is 44.2 Å². The van der Waals surface area contributed by atoms with Gasteiger partial charge >= 0.3 is 6.03 Å². The first kappa shape index (κ1) is 21.6. The lowest BCUT2D eigenvalue weighted by Gasteiger charge is -2.36. The van der Waals surface area contributed by atoms with E-state index < -0.39 is 6.03 Å². The molecule has 7 heteroatoms. The predicted octanol–water partition coefficient (Wildman–Crippen LogP) is 3.06. The van der Waals surface area contributed by atoms with Gasteiger partial charge in [-0.2, -0.15) is 5.10 Å². The number of hydrogen-bond acceptors (Lipinski definition) is 5. The van der Waals surface area contributed by atoms with Crippen molar-refractivity contribution >= 4 is 17.4 Å². The predicted molar refractivity (Wildman–Crippen MR) is 121 cm³/mol. The first-order valence-corrected chi connectivity index (χ1v) is 10.5. The van der Waals surface area contributed by atoms with Crippen molar-refractivity contribution in [2.45, 2.75) is 19.8 Å². The number of nitrogens with one attached hydrogen (secondary N) is 1. The van der Waals surface area contributed by atoms with E-state index in [-0.39, 0.29) is 0 Å². The summed E-state index contributed by atoms with van der Waals surface area (Å²) in [5, 5.41) is 4.04. The number of piperazine rings is 1. The number of hydrogen-bond donors (Lipinski definition) is 2. The zero-order valence-corrected chi connectivity index (χ0v) is 17.6. The number of carbonyl (C=O) groups is 1. The number of amides is 2. The molecule has 0 unspecified atom stereocenters. The number of urea groups is 1. The van der Waals surface area contributed by atoms with Crippen LogP contribution in [0.25, 0.3) is 0 Å². The fraction of sp³-hybridized carbons (Fsp3) is 0.391. The van der Waals surface area contributed by atoms with Gasteiger partial charge in [0.25, 0.3) is 0 Å². The molecule has 0 saturated carbocycles. The van der Waals surface area contributed by atoms with E-state index in [0.29, 0.717) is 13.0 Å². The zero-order valence-electron chi connectivity index (χ0n) is 17.6. The summed E-state index contributed by atoms with van der Waals surface area (Å²) in [7, 11) is 0. The number of para-hydroxylation sites is 1. The molecular weight excluding hydrogens is 378 g/mol. The maximum absolute atomic E-state index is 10.8. The van der Waals surface area contributed by atoms with Crippen molar-refractivity contribution in [1.29, 1.82) is 0 Å². The molecule has 0 spiro atoms. The minimum Gasteiger partial charge on any atom is -0.494 e. The molecule has 0 atom stereocenters. The number of nitrogens with zero attached hydrogens (tertiary/aromatic N) is 3. The SMILES string of the molecule is CC/C(=N/NC(N)=O)c1ccc(OCCCN2CCN(c3ccccc3)CC2)cc1. The molecule has 1 fully saturated rings. The van der Waals surface area contributed by atoms with E-state index in [1.165, 1.54) is 5.69 Å². The molecule has 3 rings (SSSR count). The number of ether oxygens (including phenoxy) is 1. The van der Waals surface area contributed by atoms with Gasteiger partial charge in [0.15, 0.2) is 0 Å². The maximum Gasteiger partial charge on any atom is 0.332 e. The third-order valence-electron chi connectivity index (χ3n) is 5.20. The molecule has 7 nitrogen and oxygen atoms in total. The van der Waals surface area contributed by atoms with Crippen LogP contribution in [0.5, 0.6) is 5.75 Å². The van der Waals surface area contributed by atoms with E-state index in [0.717, 1.165) is 56.2 Å². The fourth-order valence-electron chi connectivity index (χ4n) is 3.56. The van der Waals surface area contributed by atoms with Crippen LogP contribution >= 0.6 is 0 Å². The number of carbonyl (C=O) groups excluding carboxylic acids is 1. The number of hydrazone groups is 1. The van der Waals surface area contributed by atoms with Crippen molar-refractivity contribution in [2.24, 2.45) is 10.8 Å². The highest BCUT2D eigenvalue weighted by molar-refractivity contribution is 6.00. The summed E-state index contributed by atoms with van der Waals surface area (Å²) >= 11 is 0. The molecule has 3 N–H and O–H groups in total. The Balaban J connectivity index is 1.37. The molecule has 30 heavy (non-hydrogen) atoms. The van der Waals surface area contributed by atoms with Crippen LogP contribution < -0.4 is 20.8 Å². The van der Waals surface area contributed by atoms with Gasteiger partial charge in [-0.3, -0.25) is 4.90 Å². The normalized spacial score (nSPS) is 15.1. The molecule has 0 aliphatic carbocycles. The summed E-state index contributed by atoms with van der Waals surface area (Å²) < 4.78 is 5.89. The van der Waals surface area contributed by atoms with Crippen molar-refractivity contribution in [3.8, 4) is 5.75 Å². The Morgan fingerprint density at radius 2 is 1.77 bits per heavy atom. The van der Waals surface area contributed by atoms with Gasteiger partial charge in [-0.05, 0) is 54.8 Å². The highest BCUT2D eigenvalue weighted by atomic mass is 16.5. The first-order chi connectivity index (χ1) is 14.7. The molecule has 0 aromatic heterocycles. The van der Waals surface area contributed by atoms with Crippen molar-refractivity contribution < 1.29 is 9.53 Å². The second-order valence-corrected chi connectivity index (χ2v) is 7.28. The molecule has 2 aromatic rings. The lowest BCUT2D eigenvalue weighted by Crippen LogP contribution is -2.46. The minimum absolute atomic E-state index is 0.664. The van der Waals surface area contributed by atoms with E-state index in [4.69, 9.17) is 10.5 Å². The van der Waals surface area contributed by atoms with Crippen LogP contribution in [-0.2, 0) is 0 Å². The number of primary amides is 1. The van der Waals surface area contributed by atoms with Crippen molar-refractivity contribution in [3.63, 3.8) is 0 Å². The van der Waals surface area contributed by atoms with Gasteiger partial charge in [0.2, 0.25) is 0 Å². The monoisotopic (exact) mass is 409 g/mol. The third kappa shape index (κ3) is 6.49. The average Bonchev–Trinajstić information content (AvgIpc) is 2.79. The van der Waals surface area contributed by atoms with Gasteiger partial charge in [-0.25, -0.2) is 10.2 Å². The van der Waals surface area contributed by atoms with E-state index >= 15 is 0 Å². The minimum atomic E-state index is -0.664. The Labute approximate surface area is 178 Å². The fourth-order valence-corrected chi connectivity index (χ4v) is 3.56. The standard InChI is InChI=1S/C23H31N5O2/c1-2-22(25-26-23(24)29)19-9-11-21(12-10-19)30-18-6-13-27-14-16-28(17-15-27)20-7-4-3-5-8-20/h3-5,7-12H,2,6,13-18H2,1H3,(H3,24,26,29)/b25-22-. The Bertz CT molecular complexity index is 815. The Hall–Kier alpha value is -3.06. The number of rotatable bonds is 9. The topological polar surface area (TPSA) is 83.2 Å². The second kappa shape index (κ2) is 11.2. The highest BCUT2D eigenvalue weighted by Gasteiger charge is 2.16. The molecular formula is C23H31N5O2. The second-order valence-electron chi connectivity index (χ2n) is 7.28. The largest absolute Gasteiger partial charge is 0.494 e. The molecule has 1 aliphatic rings. The average molecular weight is 410 g/mol. The lowest BCUT2D eigenvalue weighted by molar-refractivity contribution is 0.225. The summed E-state index contributed by atoms with van der Waals surface area (Å²) in [6.07, 6.45) is 1.69. The van der Waals surface area contributed by atoms with Crippen molar-refractivity contribution in [3.05, 3.63) is 60.2 Å². The van der Waals surface area contributed by atoms with Gasteiger partial charge in [0, 0.05) is 38.4 Å². The van der Waals surface area contributed by atoms with Gasteiger partial charge in [0.1, 0.15) is 5.75 Å². The molecule has 1 aliphatic heterocycles. The Morgan fingerprint density at radius 3 is 2.40 bits per heavy atom. The van der Waals surface area contributed by atoms with Crippen LogP contribution in [0, 0.1) is 0 Å². The molecule has 0 radical (unpaired) electrons. The summed E-state index contributed by atoms with van der Waals surface area (Å²) in [6, 6.07) is 17.7. The maximum atomic E-state index is 10.8. The van der Waals surface area contributed by atoms with Gasteiger partial charge in [0.05, 0.1) is 12.3 Å². The van der Waals surface area contributed by atoms with E-state index in [1.54, 1.807) is 0 Å². The quantitative estimate of drug-likeness (QED) is 0.379. The smallest absolute Gasteiger partial charge is 0.332 e. The summed E-state index contributed by atoms with van der Waals surface area (Å²) in [5.74, 6) is 0.839. The van der Waals surface area contributed by atoms with Crippen LogP contribution in [0.1, 0.15) is 25.3 Å². The summed E-state index contributed by atoms with van der Waals surface area (Å²) in [4.78, 5) is 15.8. The molecule has 1 saturated heterocycles. The Morgan fingerprint density at radius 1 is 1.07 bits per heavy atom. The van der Waals surface area contributed by atoms with Crippen LogP contribution in [0.15, 0.2) is 59.7 Å². The van der Waals surface area contributed by atoms with Crippen LogP contribution in [0.4, 0.5) is 10.5 Å². The van der Waals surface area contributed by atoms with Gasteiger partial charge in [-0.15, -0.1) is 0 Å². The van der Waals surface area contributed by atoms with E-state index in [2.05, 4.69) is 50.7 Å². The summed E-state index contributed by atoms with van der Waals surface area (Å²) in [5.41, 5.74) is 10.4. The van der Waals surface area contributed by atoms with Crippen LogP contribution in [0.3, 0.4) is 0 Å². The van der Waals surface area contributed by atoms with Crippen LogP contribution in [0.2, 0.25) is 0 Å². The Kier molecular flexibility index (Phi) is 8.09. The first-order valence-electron chi connectivity index (χ1n) is 10.5. The third-order valence-corrected chi connectivity index (χ3v) is 5.20. The molecule has 160 valence electrons. The van der Waals surface area contributed by atoms with Crippen molar-refractivity contribution in [1.82, 2.24) is 10.3 Å². The zero-order chi connectivity index (χ0) is 21.2. The molecule has 2 amide bonds. The van der Waals surface area contributed by atoms with Crippen LogP contribution in [-0.4, -0.2) is 56.0 Å². The molecule has 2 aromatic carbocycles. The van der Waals surface area contributed by atoms with Gasteiger partial charge in [-0.1, -0.05) is 25.1 Å². The highest BCUT2D eigenvalue weighted by Crippen LogP contribution is 2.16. The number of anilines is 1. The number of nitrogens with two attached hydrogens (primary N) is 1. The lowest BCUT2D eigenvalue weighted by atomic mass is 10.1. The number of benzene rings is 2. The van der Waals surface area contributed by atoms with E-state index in [9.17, 15) is 4.79 Å².